The molecule has 0 saturated carbocycles. The molecule has 1 aromatic carbocycles. The molecule has 1 unspecified atom stereocenters. The van der Waals surface area contributed by atoms with Crippen LogP contribution < -0.4 is 0 Å². The molecule has 6 nitrogen and oxygen atoms in total. The summed E-state index contributed by atoms with van der Waals surface area (Å²) in [7, 11) is -1.91. The topological polar surface area (TPSA) is 66.9 Å². The van der Waals surface area contributed by atoms with Crippen LogP contribution in [0.15, 0.2) is 35.7 Å². The quantitative estimate of drug-likeness (QED) is 0.597. The Kier molecular flexibility index (Phi) is 7.10. The van der Waals surface area contributed by atoms with Crippen LogP contribution in [0.4, 0.5) is 0 Å². The molecule has 1 atom stereocenters. The molecule has 0 spiro atoms. The molecule has 0 N–H and O–H groups in total. The summed E-state index contributed by atoms with van der Waals surface area (Å²) in [6, 6.07) is 9.98. The number of fused-ring (bicyclic) bond motifs is 1. The molecule has 0 radical (unpaired) electrons. The van der Waals surface area contributed by atoms with Crippen LogP contribution in [0, 0.1) is 6.92 Å². The first-order valence-electron chi connectivity index (χ1n) is 9.68. The van der Waals surface area contributed by atoms with E-state index in [-0.39, 0.29) is 25.0 Å². The summed E-state index contributed by atoms with van der Waals surface area (Å²) in [6.07, 6.45) is 2.50. The molecule has 29 heavy (non-hydrogen) atoms. The number of carbonyl (C=O) groups excluding carboxylic acids is 1. The highest BCUT2D eigenvalue weighted by molar-refractivity contribution is 7.88. The lowest BCUT2D eigenvalue weighted by atomic mass is 9.90. The van der Waals surface area contributed by atoms with Crippen LogP contribution in [-0.4, -0.2) is 63.1 Å². The Bertz CT molecular complexity index is 955. The fraction of sp³-hybridized carbons (Fsp3) is 0.476. The lowest BCUT2D eigenvalue weighted by Crippen LogP contribution is -2.47. The normalized spacial score (nSPS) is 16.8. The number of nitrogens with zero attached hydrogens (tertiary/aromatic N) is 2. The monoisotopic (exact) mass is 436 g/mol. The maximum Gasteiger partial charge on any atom is 0.238 e. The number of hydrogen-bond acceptors (Lipinski definition) is 5. The molecule has 1 aliphatic rings. The van der Waals surface area contributed by atoms with E-state index in [1.165, 1.54) is 9.18 Å². The van der Waals surface area contributed by atoms with Crippen LogP contribution in [0.3, 0.4) is 0 Å². The predicted molar refractivity (Wildman–Crippen MR) is 116 cm³/mol. The maximum atomic E-state index is 13.3. The highest BCUT2D eigenvalue weighted by atomic mass is 32.2. The first-order chi connectivity index (χ1) is 13.8. The molecular formula is C21H28N2O4S2. The number of sulfonamides is 1. The highest BCUT2D eigenvalue weighted by Crippen LogP contribution is 2.39. The van der Waals surface area contributed by atoms with Crippen molar-refractivity contribution in [3.05, 3.63) is 57.3 Å². The van der Waals surface area contributed by atoms with E-state index in [9.17, 15) is 13.2 Å². The first-order valence-corrected chi connectivity index (χ1v) is 12.4. The summed E-state index contributed by atoms with van der Waals surface area (Å²) in [6.45, 7) is 3.20. The summed E-state index contributed by atoms with van der Waals surface area (Å²) in [5.74, 6) is -0.169. The summed E-state index contributed by atoms with van der Waals surface area (Å²) < 4.78 is 30.7. The van der Waals surface area contributed by atoms with Crippen LogP contribution in [0.2, 0.25) is 0 Å². The molecular weight excluding hydrogens is 408 g/mol. The predicted octanol–water partition coefficient (Wildman–Crippen LogP) is 2.83. The van der Waals surface area contributed by atoms with Crippen molar-refractivity contribution in [3.63, 3.8) is 0 Å². The van der Waals surface area contributed by atoms with Crippen molar-refractivity contribution in [1.29, 1.82) is 0 Å². The number of amides is 1. The van der Waals surface area contributed by atoms with Gasteiger partial charge in [-0.2, -0.15) is 4.31 Å². The van der Waals surface area contributed by atoms with Gasteiger partial charge in [-0.05, 0) is 47.9 Å². The van der Waals surface area contributed by atoms with Gasteiger partial charge in [-0.25, -0.2) is 8.42 Å². The zero-order chi connectivity index (χ0) is 21.0. The Morgan fingerprint density at radius 3 is 2.72 bits per heavy atom. The molecule has 1 aliphatic heterocycles. The van der Waals surface area contributed by atoms with Gasteiger partial charge in [0, 0.05) is 31.7 Å². The van der Waals surface area contributed by atoms with Crippen molar-refractivity contribution in [2.45, 2.75) is 25.8 Å². The Morgan fingerprint density at radius 1 is 1.28 bits per heavy atom. The Balaban J connectivity index is 1.89. The van der Waals surface area contributed by atoms with Gasteiger partial charge in [0.25, 0.3) is 0 Å². The summed E-state index contributed by atoms with van der Waals surface area (Å²) >= 11 is 1.72. The van der Waals surface area contributed by atoms with Gasteiger partial charge in [0.15, 0.2) is 0 Å². The Hall–Kier alpha value is -1.74. The lowest BCUT2D eigenvalue weighted by Gasteiger charge is -2.38. The molecule has 2 heterocycles. The van der Waals surface area contributed by atoms with Crippen molar-refractivity contribution < 1.29 is 17.9 Å². The second kappa shape index (κ2) is 9.38. The zero-order valence-electron chi connectivity index (χ0n) is 17.1. The summed E-state index contributed by atoms with van der Waals surface area (Å²) in [5, 5.41) is 2.07. The average molecular weight is 437 g/mol. The second-order valence-electron chi connectivity index (χ2n) is 7.34. The zero-order valence-corrected chi connectivity index (χ0v) is 18.8. The third-order valence-corrected chi connectivity index (χ3v) is 7.55. The average Bonchev–Trinajstić information content (AvgIpc) is 3.15. The van der Waals surface area contributed by atoms with Gasteiger partial charge in [-0.15, -0.1) is 11.3 Å². The summed E-state index contributed by atoms with van der Waals surface area (Å²) in [5.41, 5.74) is 3.36. The minimum Gasteiger partial charge on any atom is -0.385 e. The van der Waals surface area contributed by atoms with E-state index in [4.69, 9.17) is 4.74 Å². The van der Waals surface area contributed by atoms with Gasteiger partial charge in [0.05, 0.1) is 18.8 Å². The third kappa shape index (κ3) is 5.06. The number of ether oxygens (including phenoxy) is 1. The van der Waals surface area contributed by atoms with E-state index >= 15 is 0 Å². The number of rotatable bonds is 8. The molecule has 2 aromatic rings. The molecule has 3 rings (SSSR count). The van der Waals surface area contributed by atoms with Gasteiger partial charge >= 0.3 is 0 Å². The molecule has 0 aliphatic carbocycles. The number of aryl methyl sites for hydroxylation is 1. The molecule has 0 bridgehead atoms. The first kappa shape index (κ1) is 22.0. The number of carbonyl (C=O) groups is 1. The van der Waals surface area contributed by atoms with Crippen molar-refractivity contribution >= 4 is 27.3 Å². The largest absolute Gasteiger partial charge is 0.385 e. The molecule has 0 fully saturated rings. The van der Waals surface area contributed by atoms with Crippen molar-refractivity contribution in [3.8, 4) is 0 Å². The Labute approximate surface area is 177 Å². The van der Waals surface area contributed by atoms with Crippen molar-refractivity contribution in [2.75, 3.05) is 39.6 Å². The fourth-order valence-electron chi connectivity index (χ4n) is 3.80. The molecule has 0 saturated heterocycles. The number of thiophene rings is 1. The SMILES string of the molecule is COCCCN(CC(=O)N1CCc2sccc2C1c1ccccc1C)S(C)(=O)=O. The van der Waals surface area contributed by atoms with E-state index in [1.807, 2.05) is 30.0 Å². The van der Waals surface area contributed by atoms with E-state index in [1.54, 1.807) is 18.4 Å². The minimum absolute atomic E-state index is 0.148. The molecule has 8 heteroatoms. The fourth-order valence-corrected chi connectivity index (χ4v) is 5.51. The minimum atomic E-state index is -3.49. The second-order valence-corrected chi connectivity index (χ2v) is 10.3. The van der Waals surface area contributed by atoms with Crippen LogP contribution in [0.1, 0.15) is 34.0 Å². The smallest absolute Gasteiger partial charge is 0.238 e. The number of benzene rings is 1. The van der Waals surface area contributed by atoms with E-state index < -0.39 is 10.0 Å². The number of hydrogen-bond donors (Lipinski definition) is 0. The van der Waals surface area contributed by atoms with Gasteiger partial charge in [-0.1, -0.05) is 24.3 Å². The molecule has 158 valence electrons. The third-order valence-electron chi connectivity index (χ3n) is 5.31. The highest BCUT2D eigenvalue weighted by Gasteiger charge is 2.34. The van der Waals surface area contributed by atoms with Gasteiger partial charge in [0.1, 0.15) is 0 Å². The molecule has 1 aromatic heterocycles. The standard InChI is InChI=1S/C21H28N2O4S2/c1-16-7-4-5-8-17(16)21-18-10-14-28-19(18)9-12-23(21)20(24)15-22(29(3,25)26)11-6-13-27-2/h4-5,7-8,10,14,21H,6,9,11-13,15H2,1-3H3. The van der Waals surface area contributed by atoms with E-state index in [0.717, 1.165) is 29.4 Å². The van der Waals surface area contributed by atoms with E-state index in [2.05, 4.69) is 17.5 Å². The van der Waals surface area contributed by atoms with Crippen molar-refractivity contribution in [2.24, 2.45) is 0 Å². The van der Waals surface area contributed by atoms with Crippen LogP contribution in [-0.2, 0) is 26.0 Å². The maximum absolute atomic E-state index is 13.3. The van der Waals surface area contributed by atoms with Crippen molar-refractivity contribution in [1.82, 2.24) is 9.21 Å². The molecule has 1 amide bonds. The van der Waals surface area contributed by atoms with Crippen LogP contribution in [0.25, 0.3) is 0 Å². The van der Waals surface area contributed by atoms with Gasteiger partial charge < -0.3 is 9.64 Å². The summed E-state index contributed by atoms with van der Waals surface area (Å²) in [4.78, 5) is 16.4. The van der Waals surface area contributed by atoms with Crippen LogP contribution >= 0.6 is 11.3 Å². The van der Waals surface area contributed by atoms with E-state index in [0.29, 0.717) is 19.6 Å². The Morgan fingerprint density at radius 2 is 2.03 bits per heavy atom. The van der Waals surface area contributed by atoms with Gasteiger partial charge in [0.2, 0.25) is 15.9 Å². The van der Waals surface area contributed by atoms with Crippen LogP contribution in [0.5, 0.6) is 0 Å². The lowest BCUT2D eigenvalue weighted by molar-refractivity contribution is -0.133. The number of methoxy groups -OCH3 is 1. The van der Waals surface area contributed by atoms with Gasteiger partial charge in [-0.3, -0.25) is 4.79 Å².